The number of phosphoric acid groups is 2. The molecule has 0 aromatic carbocycles. The third-order valence-corrected chi connectivity index (χ3v) is 18.3. The molecule has 0 rings (SSSR count). The third-order valence-electron chi connectivity index (χ3n) is 16.4. The first-order valence-corrected chi connectivity index (χ1v) is 42.8. The van der Waals surface area contributed by atoms with E-state index < -0.39 is 97.5 Å². The van der Waals surface area contributed by atoms with Crippen molar-refractivity contribution in [2.45, 2.75) is 341 Å². The molecule has 0 bridgehead atoms. The van der Waals surface area contributed by atoms with E-state index in [9.17, 15) is 43.2 Å². The van der Waals surface area contributed by atoms with Crippen LogP contribution in [0, 0.1) is 0 Å². The van der Waals surface area contributed by atoms with Gasteiger partial charge < -0.3 is 33.8 Å². The van der Waals surface area contributed by atoms with Crippen LogP contribution in [-0.2, 0) is 65.4 Å². The van der Waals surface area contributed by atoms with E-state index in [1.54, 1.807) is 0 Å². The van der Waals surface area contributed by atoms with Crippen molar-refractivity contribution < 1.29 is 80.2 Å². The van der Waals surface area contributed by atoms with Gasteiger partial charge in [0.2, 0.25) is 0 Å². The van der Waals surface area contributed by atoms with Gasteiger partial charge in [-0.15, -0.1) is 0 Å². The molecule has 0 saturated heterocycles. The van der Waals surface area contributed by atoms with Crippen molar-refractivity contribution in [2.75, 3.05) is 39.6 Å². The third kappa shape index (κ3) is 73.8. The summed E-state index contributed by atoms with van der Waals surface area (Å²) in [5.74, 6) is -2.25. The molecule has 5 unspecified atom stereocenters. The zero-order valence-electron chi connectivity index (χ0n) is 64.0. The second kappa shape index (κ2) is 74.7. The summed E-state index contributed by atoms with van der Waals surface area (Å²) in [6, 6.07) is 0. The SMILES string of the molecule is CC/C=C\C/C=C\C/C=C\C/C=C\CCCCC(=O)OCC(COP(=O)(O)OCC(O)COP(=O)(O)OCC(COC(=O)CCCCCCCCC/C=C\C/C=C\C/C=C\CC)OC(=O)CCCCCCC/C=C\CCCCCCCC)OC(=O)CCCCCCC/C=C\C/C=C\CCCCC. The first-order chi connectivity index (χ1) is 49.7. The molecule has 0 radical (unpaired) electrons. The Morgan fingerprint density at radius 3 is 0.833 bits per heavy atom. The second-order valence-electron chi connectivity index (χ2n) is 26.2. The quantitative estimate of drug-likeness (QED) is 0.0169. The molecule has 0 heterocycles. The van der Waals surface area contributed by atoms with Crippen molar-refractivity contribution in [2.24, 2.45) is 0 Å². The molecule has 0 aromatic rings. The molecule has 3 N–H and O–H groups in total. The molecule has 5 atom stereocenters. The standard InChI is InChI=1S/C83H142O17P2/c1-5-9-13-17-21-25-29-33-37-38-42-44-48-52-56-60-64-68-81(86)94-74-79(100-83(88)70-66-62-58-54-50-46-41-36-32-28-24-20-16-12-8-4)76-98-102(91,92)96-72-77(84)71-95-101(89,90)97-75-78(99-82(87)69-65-61-57-53-49-45-40-35-31-27-23-19-15-11-7-3)73-93-80(85)67-63-59-55-51-47-43-39-34-30-26-22-18-14-10-6-2/h9-10,13-14,21-23,25-27,33-37,39-41,47,51,77-79,84H,5-8,11-12,15-20,24,28-32,38,42-46,48-50,52-76H2,1-4H3,(H,89,90)(H,91,92)/b13-9-,14-10-,25-21-,26-22-,27-23-,37-33-,39-34-,40-35-,41-36-,51-47-. The number of hydrogen-bond donors (Lipinski definition) is 3. The number of carbonyl (C=O) groups is 4. The lowest BCUT2D eigenvalue weighted by molar-refractivity contribution is -0.161. The number of allylic oxidation sites excluding steroid dienone is 20. The van der Waals surface area contributed by atoms with Gasteiger partial charge in [0.05, 0.1) is 26.4 Å². The molecule has 102 heavy (non-hydrogen) atoms. The Labute approximate surface area is 619 Å². The zero-order chi connectivity index (χ0) is 74.6. The van der Waals surface area contributed by atoms with E-state index in [-0.39, 0.29) is 25.7 Å². The van der Waals surface area contributed by atoms with E-state index in [0.717, 1.165) is 186 Å². The summed E-state index contributed by atoms with van der Waals surface area (Å²) in [5, 5.41) is 10.6. The molecule has 0 saturated carbocycles. The highest BCUT2D eigenvalue weighted by Gasteiger charge is 2.30. The molecule has 0 aromatic heterocycles. The average Bonchev–Trinajstić information content (AvgIpc) is 0.926. The maximum atomic E-state index is 13.1. The topological polar surface area (TPSA) is 237 Å². The van der Waals surface area contributed by atoms with Gasteiger partial charge in [0, 0.05) is 25.7 Å². The number of unbranched alkanes of at least 4 members (excludes halogenated alkanes) is 28. The highest BCUT2D eigenvalue weighted by atomic mass is 31.2. The Balaban J connectivity index is 5.41. The van der Waals surface area contributed by atoms with Gasteiger partial charge in [0.25, 0.3) is 0 Å². The molecular formula is C83H142O17P2. The highest BCUT2D eigenvalue weighted by molar-refractivity contribution is 7.47. The van der Waals surface area contributed by atoms with Crippen LogP contribution in [0.5, 0.6) is 0 Å². The number of aliphatic hydroxyl groups is 1. The Bertz CT molecular complexity index is 2410. The van der Waals surface area contributed by atoms with Crippen molar-refractivity contribution >= 4 is 39.5 Å². The molecule has 0 aliphatic heterocycles. The number of aliphatic hydroxyl groups excluding tert-OH is 1. The van der Waals surface area contributed by atoms with E-state index in [1.807, 2.05) is 0 Å². The number of rotatable bonds is 74. The van der Waals surface area contributed by atoms with Crippen LogP contribution in [0.15, 0.2) is 122 Å². The van der Waals surface area contributed by atoms with Crippen LogP contribution >= 0.6 is 15.6 Å². The fourth-order valence-corrected chi connectivity index (χ4v) is 11.9. The molecule has 0 fully saturated rings. The lowest BCUT2D eigenvalue weighted by Crippen LogP contribution is -2.30. The minimum Gasteiger partial charge on any atom is -0.462 e. The summed E-state index contributed by atoms with van der Waals surface area (Å²) >= 11 is 0. The van der Waals surface area contributed by atoms with E-state index in [2.05, 4.69) is 149 Å². The Hall–Kier alpha value is -4.54. The Morgan fingerprint density at radius 2 is 0.510 bits per heavy atom. The molecule has 0 amide bonds. The summed E-state index contributed by atoms with van der Waals surface area (Å²) in [4.78, 5) is 73.0. The highest BCUT2D eigenvalue weighted by Crippen LogP contribution is 2.45. The molecule has 0 aliphatic carbocycles. The summed E-state index contributed by atoms with van der Waals surface area (Å²) in [6.45, 7) is 4.56. The van der Waals surface area contributed by atoms with E-state index >= 15 is 0 Å². The minimum atomic E-state index is -4.99. The summed E-state index contributed by atoms with van der Waals surface area (Å²) in [5.41, 5.74) is 0. The van der Waals surface area contributed by atoms with Gasteiger partial charge in [0.15, 0.2) is 12.2 Å². The lowest BCUT2D eigenvalue weighted by Gasteiger charge is -2.21. The summed E-state index contributed by atoms with van der Waals surface area (Å²) in [6.07, 6.45) is 81.8. The average molecular weight is 1470 g/mol. The molecule has 17 nitrogen and oxygen atoms in total. The Morgan fingerprint density at radius 1 is 0.284 bits per heavy atom. The number of carbonyl (C=O) groups excluding carboxylic acids is 4. The van der Waals surface area contributed by atoms with Crippen LogP contribution < -0.4 is 0 Å². The fraction of sp³-hybridized carbons (Fsp3) is 0.711. The normalized spacial score (nSPS) is 14.5. The predicted octanol–water partition coefficient (Wildman–Crippen LogP) is 23.1. The van der Waals surface area contributed by atoms with Crippen LogP contribution in [-0.4, -0.2) is 96.7 Å². The van der Waals surface area contributed by atoms with E-state index in [1.165, 1.54) is 57.8 Å². The van der Waals surface area contributed by atoms with Gasteiger partial charge in [-0.1, -0.05) is 265 Å². The summed E-state index contributed by atoms with van der Waals surface area (Å²) in [7, 11) is -9.98. The van der Waals surface area contributed by atoms with Crippen molar-refractivity contribution in [3.05, 3.63) is 122 Å². The van der Waals surface area contributed by atoms with Crippen molar-refractivity contribution in [3.63, 3.8) is 0 Å². The molecule has 19 heteroatoms. The molecule has 0 spiro atoms. The zero-order valence-corrected chi connectivity index (χ0v) is 65.8. The smallest absolute Gasteiger partial charge is 0.462 e. The van der Waals surface area contributed by atoms with Gasteiger partial charge in [-0.25, -0.2) is 9.13 Å². The van der Waals surface area contributed by atoms with Crippen molar-refractivity contribution in [1.82, 2.24) is 0 Å². The van der Waals surface area contributed by atoms with Crippen LogP contribution in [0.3, 0.4) is 0 Å². The number of ether oxygens (including phenoxy) is 4. The van der Waals surface area contributed by atoms with Crippen LogP contribution in [0.2, 0.25) is 0 Å². The first-order valence-electron chi connectivity index (χ1n) is 39.8. The molecule has 586 valence electrons. The number of esters is 4. The van der Waals surface area contributed by atoms with E-state index in [4.69, 9.17) is 37.0 Å². The molecule has 0 aliphatic rings. The lowest BCUT2D eigenvalue weighted by atomic mass is 10.1. The van der Waals surface area contributed by atoms with Gasteiger partial charge in [0.1, 0.15) is 19.3 Å². The fourth-order valence-electron chi connectivity index (χ4n) is 10.4. The van der Waals surface area contributed by atoms with Crippen LogP contribution in [0.25, 0.3) is 0 Å². The Kier molecular flexibility index (Phi) is 71.4. The van der Waals surface area contributed by atoms with Crippen molar-refractivity contribution in [1.29, 1.82) is 0 Å². The largest absolute Gasteiger partial charge is 0.472 e. The summed E-state index contributed by atoms with van der Waals surface area (Å²) < 4.78 is 68.6. The van der Waals surface area contributed by atoms with Crippen LogP contribution in [0.4, 0.5) is 0 Å². The number of hydrogen-bond acceptors (Lipinski definition) is 15. The van der Waals surface area contributed by atoms with Gasteiger partial charge in [-0.3, -0.25) is 37.3 Å². The maximum absolute atomic E-state index is 13.1. The number of phosphoric ester groups is 2. The van der Waals surface area contributed by atoms with Gasteiger partial charge >= 0.3 is 39.5 Å². The first kappa shape index (κ1) is 97.5. The molecular weight excluding hydrogens is 1330 g/mol. The van der Waals surface area contributed by atoms with Gasteiger partial charge in [-0.05, 0) is 154 Å². The maximum Gasteiger partial charge on any atom is 0.472 e. The van der Waals surface area contributed by atoms with E-state index in [0.29, 0.717) is 25.7 Å². The predicted molar refractivity (Wildman–Crippen MR) is 418 cm³/mol. The van der Waals surface area contributed by atoms with Crippen LogP contribution in [0.1, 0.15) is 323 Å². The monoisotopic (exact) mass is 1470 g/mol. The minimum absolute atomic E-state index is 0.0677. The van der Waals surface area contributed by atoms with Crippen molar-refractivity contribution in [3.8, 4) is 0 Å². The second-order valence-corrected chi connectivity index (χ2v) is 29.1. The van der Waals surface area contributed by atoms with Gasteiger partial charge in [-0.2, -0.15) is 0 Å².